The molecule has 0 fully saturated rings. The molecule has 114 valence electrons. The van der Waals surface area contributed by atoms with Gasteiger partial charge >= 0.3 is 0 Å². The van der Waals surface area contributed by atoms with Crippen molar-refractivity contribution >= 4 is 11.6 Å². The topological polar surface area (TPSA) is 79.8 Å². The molecular weight excluding hydrogens is 282 g/mol. The van der Waals surface area contributed by atoms with Crippen LogP contribution in [0.15, 0.2) is 47.2 Å². The number of pyridine rings is 1. The average Bonchev–Trinajstić information content (AvgIpc) is 3.13. The quantitative estimate of drug-likeness (QED) is 0.756. The van der Waals surface area contributed by atoms with Crippen molar-refractivity contribution in [2.75, 3.05) is 6.54 Å². The summed E-state index contributed by atoms with van der Waals surface area (Å²) in [4.78, 5) is 16.7. The van der Waals surface area contributed by atoms with Crippen molar-refractivity contribution in [1.29, 1.82) is 0 Å². The van der Waals surface area contributed by atoms with Gasteiger partial charge in [0.1, 0.15) is 23.2 Å². The first-order valence-corrected chi connectivity index (χ1v) is 7.10. The molecule has 0 aliphatic carbocycles. The third-order valence-electron chi connectivity index (χ3n) is 3.49. The summed E-state index contributed by atoms with van der Waals surface area (Å²) >= 11 is 0. The maximum absolute atomic E-state index is 12.3. The van der Waals surface area contributed by atoms with Crippen LogP contribution in [0.2, 0.25) is 0 Å². The Morgan fingerprint density at radius 3 is 3.05 bits per heavy atom. The van der Waals surface area contributed by atoms with E-state index in [-0.39, 0.29) is 5.91 Å². The lowest BCUT2D eigenvalue weighted by Crippen LogP contribution is -2.27. The van der Waals surface area contributed by atoms with E-state index in [9.17, 15) is 9.90 Å². The fourth-order valence-electron chi connectivity index (χ4n) is 2.42. The minimum absolute atomic E-state index is 0.206. The molecule has 1 amide bonds. The van der Waals surface area contributed by atoms with Crippen molar-refractivity contribution in [3.05, 3.63) is 59.9 Å². The Hall–Kier alpha value is -2.60. The first-order chi connectivity index (χ1) is 10.7. The molecule has 1 atom stereocenters. The summed E-state index contributed by atoms with van der Waals surface area (Å²) in [5.41, 5.74) is 1.93. The van der Waals surface area contributed by atoms with Crippen LogP contribution < -0.4 is 5.32 Å². The van der Waals surface area contributed by atoms with Crippen LogP contribution in [-0.2, 0) is 0 Å². The number of nitrogens with one attached hydrogen (secondary N) is 1. The highest BCUT2D eigenvalue weighted by Crippen LogP contribution is 2.16. The molecular formula is C16H17N3O3. The monoisotopic (exact) mass is 299 g/mol. The molecule has 0 spiro atoms. The number of imidazole rings is 1. The highest BCUT2D eigenvalue weighted by atomic mass is 16.4. The number of hydrogen-bond donors (Lipinski definition) is 2. The van der Waals surface area contributed by atoms with E-state index < -0.39 is 6.10 Å². The second-order valence-corrected chi connectivity index (χ2v) is 5.05. The van der Waals surface area contributed by atoms with Crippen molar-refractivity contribution in [3.63, 3.8) is 0 Å². The Labute approximate surface area is 127 Å². The van der Waals surface area contributed by atoms with Gasteiger partial charge in [-0.1, -0.05) is 6.07 Å². The van der Waals surface area contributed by atoms with Gasteiger partial charge in [0.05, 0.1) is 12.0 Å². The molecule has 0 aliphatic heterocycles. The van der Waals surface area contributed by atoms with E-state index in [1.807, 2.05) is 24.4 Å². The van der Waals surface area contributed by atoms with Crippen LogP contribution in [0.5, 0.6) is 0 Å². The van der Waals surface area contributed by atoms with Crippen molar-refractivity contribution < 1.29 is 14.3 Å². The molecule has 3 heterocycles. The van der Waals surface area contributed by atoms with Crippen LogP contribution in [0, 0.1) is 6.92 Å². The van der Waals surface area contributed by atoms with E-state index in [0.29, 0.717) is 30.1 Å². The Kier molecular flexibility index (Phi) is 3.93. The smallest absolute Gasteiger partial charge is 0.270 e. The molecule has 6 heteroatoms. The van der Waals surface area contributed by atoms with Crippen LogP contribution in [0.4, 0.5) is 0 Å². The third-order valence-corrected chi connectivity index (χ3v) is 3.49. The molecule has 3 aromatic heterocycles. The zero-order valence-electron chi connectivity index (χ0n) is 12.2. The molecule has 6 nitrogen and oxygen atoms in total. The van der Waals surface area contributed by atoms with Gasteiger partial charge in [0.25, 0.3) is 5.91 Å². The van der Waals surface area contributed by atoms with Gasteiger partial charge in [-0.2, -0.15) is 0 Å². The van der Waals surface area contributed by atoms with Crippen LogP contribution in [0.3, 0.4) is 0 Å². The molecule has 0 saturated carbocycles. The fourth-order valence-corrected chi connectivity index (χ4v) is 2.42. The van der Waals surface area contributed by atoms with Crippen molar-refractivity contribution in [2.24, 2.45) is 0 Å². The zero-order chi connectivity index (χ0) is 15.5. The minimum Gasteiger partial charge on any atom is -0.467 e. The SMILES string of the molecule is Cc1nc2ccccn2c1C(=O)NCCC(O)c1ccco1. The van der Waals surface area contributed by atoms with Crippen molar-refractivity contribution in [2.45, 2.75) is 19.4 Å². The molecule has 0 aromatic carbocycles. The highest BCUT2D eigenvalue weighted by molar-refractivity contribution is 5.94. The van der Waals surface area contributed by atoms with Gasteiger partial charge in [-0.3, -0.25) is 9.20 Å². The molecule has 0 bridgehead atoms. The normalized spacial score (nSPS) is 12.5. The molecule has 3 rings (SSSR count). The number of amides is 1. The number of carbonyl (C=O) groups is 1. The van der Waals surface area contributed by atoms with Gasteiger partial charge in [-0.05, 0) is 37.6 Å². The summed E-state index contributed by atoms with van der Waals surface area (Å²) in [6.07, 6.45) is 2.98. The number of aryl methyl sites for hydroxylation is 1. The lowest BCUT2D eigenvalue weighted by atomic mass is 10.2. The Morgan fingerprint density at radius 1 is 1.41 bits per heavy atom. The highest BCUT2D eigenvalue weighted by Gasteiger charge is 2.17. The van der Waals surface area contributed by atoms with Crippen molar-refractivity contribution in [1.82, 2.24) is 14.7 Å². The molecule has 2 N–H and O–H groups in total. The summed E-state index contributed by atoms with van der Waals surface area (Å²) in [6.45, 7) is 2.15. The fraction of sp³-hybridized carbons (Fsp3) is 0.250. The number of furan rings is 1. The third kappa shape index (κ3) is 2.73. The number of carbonyl (C=O) groups excluding carboxylic acids is 1. The molecule has 22 heavy (non-hydrogen) atoms. The maximum Gasteiger partial charge on any atom is 0.270 e. The predicted octanol–water partition coefficient (Wildman–Crippen LogP) is 2.09. The van der Waals surface area contributed by atoms with Gasteiger partial charge in [-0.15, -0.1) is 0 Å². The summed E-state index contributed by atoms with van der Waals surface area (Å²) in [5, 5.41) is 12.7. The number of aromatic nitrogens is 2. The minimum atomic E-state index is -0.724. The maximum atomic E-state index is 12.3. The molecule has 0 radical (unpaired) electrons. The Bertz CT molecular complexity index is 777. The number of fused-ring (bicyclic) bond motifs is 1. The zero-order valence-corrected chi connectivity index (χ0v) is 12.2. The summed E-state index contributed by atoms with van der Waals surface area (Å²) < 4.78 is 6.88. The Morgan fingerprint density at radius 2 is 2.27 bits per heavy atom. The van der Waals surface area contributed by atoms with E-state index in [4.69, 9.17) is 4.42 Å². The van der Waals surface area contributed by atoms with Gasteiger partial charge in [0.2, 0.25) is 0 Å². The van der Waals surface area contributed by atoms with Crippen LogP contribution in [0.25, 0.3) is 5.65 Å². The number of aliphatic hydroxyl groups excluding tert-OH is 1. The summed E-state index contributed by atoms with van der Waals surface area (Å²) in [7, 11) is 0. The van der Waals surface area contributed by atoms with Crippen LogP contribution >= 0.6 is 0 Å². The molecule has 0 saturated heterocycles. The van der Waals surface area contributed by atoms with Gasteiger partial charge in [-0.25, -0.2) is 4.98 Å². The number of rotatable bonds is 5. The average molecular weight is 299 g/mol. The van der Waals surface area contributed by atoms with E-state index in [1.165, 1.54) is 6.26 Å². The summed E-state index contributed by atoms with van der Waals surface area (Å²) in [6, 6.07) is 9.01. The Balaban J connectivity index is 1.65. The van der Waals surface area contributed by atoms with Crippen LogP contribution in [0.1, 0.15) is 34.5 Å². The van der Waals surface area contributed by atoms with E-state index in [2.05, 4.69) is 10.3 Å². The number of hydrogen-bond acceptors (Lipinski definition) is 4. The van der Waals surface area contributed by atoms with E-state index in [1.54, 1.807) is 23.5 Å². The molecule has 3 aromatic rings. The largest absolute Gasteiger partial charge is 0.467 e. The lowest BCUT2D eigenvalue weighted by molar-refractivity contribution is 0.0929. The number of aliphatic hydroxyl groups is 1. The van der Waals surface area contributed by atoms with Crippen molar-refractivity contribution in [3.8, 4) is 0 Å². The van der Waals surface area contributed by atoms with Gasteiger partial charge in [0, 0.05) is 12.7 Å². The molecule has 1 unspecified atom stereocenters. The van der Waals surface area contributed by atoms with Crippen LogP contribution in [-0.4, -0.2) is 26.9 Å². The standard InChI is InChI=1S/C16H17N3O3/c1-11-15(19-9-3-2-6-14(19)18-11)16(21)17-8-7-12(20)13-5-4-10-22-13/h2-6,9-10,12,20H,7-8H2,1H3,(H,17,21). The van der Waals surface area contributed by atoms with E-state index in [0.717, 1.165) is 5.65 Å². The summed E-state index contributed by atoms with van der Waals surface area (Å²) in [5.74, 6) is 0.295. The lowest BCUT2D eigenvalue weighted by Gasteiger charge is -2.09. The first-order valence-electron chi connectivity index (χ1n) is 7.10. The van der Waals surface area contributed by atoms with E-state index >= 15 is 0 Å². The number of nitrogens with zero attached hydrogens (tertiary/aromatic N) is 2. The second kappa shape index (κ2) is 6.03. The predicted molar refractivity (Wildman–Crippen MR) is 80.5 cm³/mol. The van der Waals surface area contributed by atoms with Gasteiger partial charge < -0.3 is 14.8 Å². The molecule has 0 aliphatic rings. The second-order valence-electron chi connectivity index (χ2n) is 5.05. The van der Waals surface area contributed by atoms with Gasteiger partial charge in [0.15, 0.2) is 0 Å². The first kappa shape index (κ1) is 14.3.